The van der Waals surface area contributed by atoms with E-state index in [1.807, 2.05) is 25.1 Å². The first-order valence-electron chi connectivity index (χ1n) is 8.35. The molecule has 1 atom stereocenters. The van der Waals surface area contributed by atoms with Gasteiger partial charge in [0.2, 0.25) is 11.8 Å². The molecule has 1 aliphatic rings. The summed E-state index contributed by atoms with van der Waals surface area (Å²) < 4.78 is 5.99. The first kappa shape index (κ1) is 15.1. The Kier molecular flexibility index (Phi) is 3.69. The molecule has 1 aromatic heterocycles. The molecule has 0 fully saturated rings. The predicted octanol–water partition coefficient (Wildman–Crippen LogP) is 3.37. The molecule has 0 bridgehead atoms. The molecule has 3 aromatic rings. The number of hydrogen-bond acceptors (Lipinski definition) is 4. The van der Waals surface area contributed by atoms with Crippen LogP contribution in [0.25, 0.3) is 0 Å². The summed E-state index contributed by atoms with van der Waals surface area (Å²) in [7, 11) is 0. The van der Waals surface area contributed by atoms with E-state index in [0.717, 1.165) is 18.4 Å². The molecular formula is C20H21N3O. The highest BCUT2D eigenvalue weighted by Gasteiger charge is 2.32. The second-order valence-electron chi connectivity index (χ2n) is 6.90. The molecule has 0 spiro atoms. The molecular weight excluding hydrogens is 298 g/mol. The molecule has 2 N–H and O–H groups in total. The maximum atomic E-state index is 6.47. The zero-order valence-electron chi connectivity index (χ0n) is 13.8. The smallest absolute Gasteiger partial charge is 0.236 e. The zero-order chi connectivity index (χ0) is 16.6. The van der Waals surface area contributed by atoms with E-state index in [1.54, 1.807) is 0 Å². The van der Waals surface area contributed by atoms with Gasteiger partial charge in [-0.3, -0.25) is 0 Å². The van der Waals surface area contributed by atoms with E-state index >= 15 is 0 Å². The maximum absolute atomic E-state index is 6.47. The van der Waals surface area contributed by atoms with E-state index in [0.29, 0.717) is 18.2 Å². The average molecular weight is 319 g/mol. The number of nitrogens with two attached hydrogens (primary N) is 1. The number of aromatic nitrogens is 2. The molecule has 0 unspecified atom stereocenters. The molecule has 24 heavy (non-hydrogen) atoms. The van der Waals surface area contributed by atoms with E-state index in [4.69, 9.17) is 10.2 Å². The van der Waals surface area contributed by atoms with Crippen LogP contribution in [-0.4, -0.2) is 10.2 Å². The van der Waals surface area contributed by atoms with Gasteiger partial charge in [0.25, 0.3) is 0 Å². The van der Waals surface area contributed by atoms with Crippen molar-refractivity contribution in [3.63, 3.8) is 0 Å². The van der Waals surface area contributed by atoms with Gasteiger partial charge in [-0.2, -0.15) is 0 Å². The third-order valence-corrected chi connectivity index (χ3v) is 4.74. The summed E-state index contributed by atoms with van der Waals surface area (Å²) in [6, 6.07) is 18.7. The molecule has 4 nitrogen and oxygen atoms in total. The summed E-state index contributed by atoms with van der Waals surface area (Å²) in [6.45, 7) is 1.95. The SMILES string of the molecule is C[C@@](N)(Cc1ccccc1)c1nnc(C2Cc3ccccc3C2)o1. The van der Waals surface area contributed by atoms with Crippen LogP contribution in [0.3, 0.4) is 0 Å². The minimum Gasteiger partial charge on any atom is -0.423 e. The van der Waals surface area contributed by atoms with Crippen molar-refractivity contribution in [2.75, 3.05) is 0 Å². The maximum Gasteiger partial charge on any atom is 0.236 e. The summed E-state index contributed by atoms with van der Waals surface area (Å²) in [6.07, 6.45) is 2.58. The lowest BCUT2D eigenvalue weighted by molar-refractivity contribution is 0.327. The first-order chi connectivity index (χ1) is 11.6. The third kappa shape index (κ3) is 2.85. The lowest BCUT2D eigenvalue weighted by atomic mass is 9.94. The highest BCUT2D eigenvalue weighted by atomic mass is 16.4. The minimum atomic E-state index is -0.669. The summed E-state index contributed by atoms with van der Waals surface area (Å²) >= 11 is 0. The fourth-order valence-electron chi connectivity index (χ4n) is 3.46. The van der Waals surface area contributed by atoms with Gasteiger partial charge in [0.1, 0.15) is 0 Å². The molecule has 0 radical (unpaired) electrons. The molecule has 4 heteroatoms. The topological polar surface area (TPSA) is 64.9 Å². The van der Waals surface area contributed by atoms with Gasteiger partial charge in [0.05, 0.1) is 5.54 Å². The van der Waals surface area contributed by atoms with Crippen LogP contribution in [-0.2, 0) is 24.8 Å². The Morgan fingerprint density at radius 2 is 1.62 bits per heavy atom. The van der Waals surface area contributed by atoms with Gasteiger partial charge in [-0.1, -0.05) is 54.6 Å². The second kappa shape index (κ2) is 5.87. The fourth-order valence-corrected chi connectivity index (χ4v) is 3.46. The summed E-state index contributed by atoms with van der Waals surface area (Å²) in [4.78, 5) is 0. The monoisotopic (exact) mass is 319 g/mol. The summed E-state index contributed by atoms with van der Waals surface area (Å²) in [5.74, 6) is 1.47. The molecule has 0 saturated heterocycles. The normalized spacial score (nSPS) is 16.8. The van der Waals surface area contributed by atoms with Gasteiger partial charge in [-0.15, -0.1) is 10.2 Å². The van der Waals surface area contributed by atoms with E-state index < -0.39 is 5.54 Å². The van der Waals surface area contributed by atoms with Crippen LogP contribution in [0.5, 0.6) is 0 Å². The van der Waals surface area contributed by atoms with Crippen molar-refractivity contribution in [3.8, 4) is 0 Å². The van der Waals surface area contributed by atoms with Crippen LogP contribution < -0.4 is 5.73 Å². The van der Waals surface area contributed by atoms with Crippen molar-refractivity contribution >= 4 is 0 Å². The van der Waals surface area contributed by atoms with Gasteiger partial charge in [0.15, 0.2) is 0 Å². The quantitative estimate of drug-likeness (QED) is 0.801. The molecule has 2 aromatic carbocycles. The molecule has 1 heterocycles. The molecule has 0 amide bonds. The number of benzene rings is 2. The van der Waals surface area contributed by atoms with Gasteiger partial charge in [0, 0.05) is 5.92 Å². The lowest BCUT2D eigenvalue weighted by Gasteiger charge is -2.20. The van der Waals surface area contributed by atoms with Gasteiger partial charge >= 0.3 is 0 Å². The third-order valence-electron chi connectivity index (χ3n) is 4.74. The average Bonchev–Trinajstić information content (AvgIpc) is 3.22. The van der Waals surface area contributed by atoms with E-state index in [2.05, 4.69) is 46.6 Å². The van der Waals surface area contributed by atoms with E-state index in [1.165, 1.54) is 11.1 Å². The second-order valence-corrected chi connectivity index (χ2v) is 6.90. The minimum absolute atomic E-state index is 0.260. The van der Waals surface area contributed by atoms with Crippen LogP contribution in [0, 0.1) is 0 Å². The Hall–Kier alpha value is -2.46. The van der Waals surface area contributed by atoms with Crippen LogP contribution >= 0.6 is 0 Å². The van der Waals surface area contributed by atoms with Gasteiger partial charge < -0.3 is 10.2 Å². The van der Waals surface area contributed by atoms with E-state index in [9.17, 15) is 0 Å². The molecule has 0 aliphatic heterocycles. The number of nitrogens with zero attached hydrogens (tertiary/aromatic N) is 2. The number of rotatable bonds is 4. The standard InChI is InChI=1S/C20H21N3O/c1-20(21,13-14-7-3-2-4-8-14)19-23-22-18(24-19)17-11-15-9-5-6-10-16(15)12-17/h2-10,17H,11-13,21H2,1H3/t20-/m1/s1. The molecule has 4 rings (SSSR count). The lowest BCUT2D eigenvalue weighted by Crippen LogP contribution is -2.35. The number of hydrogen-bond donors (Lipinski definition) is 1. The van der Waals surface area contributed by atoms with Crippen molar-refractivity contribution in [1.82, 2.24) is 10.2 Å². The van der Waals surface area contributed by atoms with E-state index in [-0.39, 0.29) is 5.92 Å². The largest absolute Gasteiger partial charge is 0.423 e. The van der Waals surface area contributed by atoms with Crippen molar-refractivity contribution in [2.45, 2.75) is 37.6 Å². The Morgan fingerprint density at radius 1 is 1.00 bits per heavy atom. The highest BCUT2D eigenvalue weighted by molar-refractivity contribution is 5.34. The Morgan fingerprint density at radius 3 is 2.29 bits per heavy atom. The number of fused-ring (bicyclic) bond motifs is 1. The summed E-state index contributed by atoms with van der Waals surface area (Å²) in [5.41, 5.74) is 9.72. The Bertz CT molecular complexity index is 814. The predicted molar refractivity (Wildman–Crippen MR) is 92.6 cm³/mol. The van der Waals surface area contributed by atoms with Crippen LogP contribution in [0.1, 0.15) is 41.3 Å². The molecule has 1 aliphatic carbocycles. The molecule has 0 saturated carbocycles. The van der Waals surface area contributed by atoms with Crippen molar-refractivity contribution in [1.29, 1.82) is 0 Å². The van der Waals surface area contributed by atoms with Gasteiger partial charge in [-0.05, 0) is 42.9 Å². The fraction of sp³-hybridized carbons (Fsp3) is 0.300. The zero-order valence-corrected chi connectivity index (χ0v) is 13.8. The Balaban J connectivity index is 1.53. The van der Waals surface area contributed by atoms with Crippen LogP contribution in [0.2, 0.25) is 0 Å². The van der Waals surface area contributed by atoms with Crippen LogP contribution in [0.4, 0.5) is 0 Å². The van der Waals surface area contributed by atoms with Crippen molar-refractivity contribution < 1.29 is 4.42 Å². The van der Waals surface area contributed by atoms with Crippen molar-refractivity contribution in [2.24, 2.45) is 5.73 Å². The highest BCUT2D eigenvalue weighted by Crippen LogP contribution is 2.34. The van der Waals surface area contributed by atoms with Gasteiger partial charge in [-0.25, -0.2) is 0 Å². The Labute approximate surface area is 141 Å². The summed E-state index contributed by atoms with van der Waals surface area (Å²) in [5, 5.41) is 8.54. The van der Waals surface area contributed by atoms with Crippen LogP contribution in [0.15, 0.2) is 59.0 Å². The first-order valence-corrected chi connectivity index (χ1v) is 8.35. The van der Waals surface area contributed by atoms with Crippen molar-refractivity contribution in [3.05, 3.63) is 83.1 Å². The molecule has 122 valence electrons.